The van der Waals surface area contributed by atoms with Crippen LogP contribution >= 0.6 is 0 Å². The monoisotopic (exact) mass is 524 g/mol. The van der Waals surface area contributed by atoms with E-state index in [0.717, 1.165) is 24.8 Å². The van der Waals surface area contributed by atoms with Gasteiger partial charge in [0.2, 0.25) is 0 Å². The van der Waals surface area contributed by atoms with E-state index in [0.29, 0.717) is 57.1 Å². The van der Waals surface area contributed by atoms with Crippen molar-refractivity contribution >= 4 is 11.8 Å². The second kappa shape index (κ2) is 15.8. The molecule has 2 N–H and O–H groups in total. The molecule has 0 amide bonds. The van der Waals surface area contributed by atoms with Crippen molar-refractivity contribution in [1.29, 1.82) is 0 Å². The quantitative estimate of drug-likeness (QED) is 0.161. The van der Waals surface area contributed by atoms with Crippen molar-refractivity contribution < 1.29 is 24.5 Å². The highest BCUT2D eigenvalue weighted by Gasteiger charge is 2.23. The van der Waals surface area contributed by atoms with Gasteiger partial charge in [-0.05, 0) is 79.9 Å². The highest BCUT2D eigenvalue weighted by atomic mass is 16.5. The van der Waals surface area contributed by atoms with E-state index in [4.69, 9.17) is 4.74 Å². The third kappa shape index (κ3) is 13.9. The van der Waals surface area contributed by atoms with Crippen LogP contribution in [0.25, 0.3) is 0 Å². The van der Waals surface area contributed by atoms with Crippen molar-refractivity contribution in [1.82, 2.24) is 0 Å². The minimum absolute atomic E-state index is 0.0162. The maximum Gasteiger partial charge on any atom is 0.311 e. The Morgan fingerprint density at radius 1 is 0.684 bits per heavy atom. The molecular formula is C33H48O5. The fraction of sp³-hybridized carbons (Fsp3) is 0.576. The lowest BCUT2D eigenvalue weighted by Crippen LogP contribution is -2.21. The van der Waals surface area contributed by atoms with Crippen molar-refractivity contribution in [2.45, 2.75) is 111 Å². The Balaban J connectivity index is 1.59. The summed E-state index contributed by atoms with van der Waals surface area (Å²) in [6.07, 6.45) is 6.02. The molecule has 0 fully saturated rings. The summed E-state index contributed by atoms with van der Waals surface area (Å²) < 4.78 is 5.37. The first-order chi connectivity index (χ1) is 17.9. The molecule has 0 bridgehead atoms. The van der Waals surface area contributed by atoms with E-state index >= 15 is 0 Å². The van der Waals surface area contributed by atoms with Gasteiger partial charge in [-0.25, -0.2) is 0 Å². The second-order valence-electron chi connectivity index (χ2n) is 12.3. The van der Waals surface area contributed by atoms with Crippen molar-refractivity contribution in [2.75, 3.05) is 0 Å². The minimum atomic E-state index is -0.469. The number of hydrogen-bond donors (Lipinski definition) is 2. The Morgan fingerprint density at radius 2 is 1.16 bits per heavy atom. The first-order valence-electron chi connectivity index (χ1n) is 14.1. The topological polar surface area (TPSA) is 83.8 Å². The number of ether oxygens (including phenoxy) is 1. The highest BCUT2D eigenvalue weighted by molar-refractivity contribution is 5.80. The number of ketones is 1. The number of esters is 1. The van der Waals surface area contributed by atoms with Gasteiger partial charge in [-0.1, -0.05) is 76.2 Å². The number of Topliss-reactive ketones (excluding diaryl/α,β-unsaturated/α-hetero) is 1. The zero-order chi connectivity index (χ0) is 28.0. The van der Waals surface area contributed by atoms with E-state index in [-0.39, 0.29) is 22.6 Å². The molecule has 0 saturated carbocycles. The molecule has 2 aromatic carbocycles. The third-order valence-electron chi connectivity index (χ3n) is 7.45. The molecule has 2 rings (SSSR count). The van der Waals surface area contributed by atoms with E-state index in [1.807, 2.05) is 48.5 Å². The summed E-state index contributed by atoms with van der Waals surface area (Å²) in [5, 5.41) is 21.0. The molecule has 2 atom stereocenters. The van der Waals surface area contributed by atoms with Gasteiger partial charge in [0.05, 0.1) is 12.2 Å². The molecule has 0 heterocycles. The Bertz CT molecular complexity index is 872. The molecule has 5 nitrogen and oxygen atoms in total. The predicted molar refractivity (Wildman–Crippen MR) is 153 cm³/mol. The largest absolute Gasteiger partial charge is 0.427 e. The number of para-hydroxylation sites is 1. The van der Waals surface area contributed by atoms with E-state index in [2.05, 4.69) is 27.7 Å². The minimum Gasteiger partial charge on any atom is -0.427 e. The fourth-order valence-corrected chi connectivity index (χ4v) is 4.54. The van der Waals surface area contributed by atoms with Crippen LogP contribution in [0.2, 0.25) is 0 Å². The van der Waals surface area contributed by atoms with Crippen LogP contribution in [0.3, 0.4) is 0 Å². The molecule has 0 spiro atoms. The lowest BCUT2D eigenvalue weighted by molar-refractivity contribution is -0.135. The lowest BCUT2D eigenvalue weighted by atomic mass is 9.80. The van der Waals surface area contributed by atoms with Crippen LogP contribution in [0.1, 0.15) is 97.5 Å². The molecule has 2 aromatic rings. The first-order valence-corrected chi connectivity index (χ1v) is 14.1. The van der Waals surface area contributed by atoms with Crippen LogP contribution < -0.4 is 4.74 Å². The highest BCUT2D eigenvalue weighted by Crippen LogP contribution is 2.32. The second-order valence-corrected chi connectivity index (χ2v) is 12.3. The van der Waals surface area contributed by atoms with Crippen molar-refractivity contribution in [3.8, 4) is 5.75 Å². The Kier molecular flexibility index (Phi) is 13.2. The molecule has 0 saturated heterocycles. The van der Waals surface area contributed by atoms with Crippen LogP contribution in [-0.4, -0.2) is 34.2 Å². The molecule has 0 aliphatic rings. The van der Waals surface area contributed by atoms with Gasteiger partial charge in [0.25, 0.3) is 0 Å². The van der Waals surface area contributed by atoms with Gasteiger partial charge in [0, 0.05) is 19.3 Å². The van der Waals surface area contributed by atoms with Crippen LogP contribution in [0.5, 0.6) is 5.75 Å². The van der Waals surface area contributed by atoms with Gasteiger partial charge < -0.3 is 14.9 Å². The number of aliphatic hydroxyl groups excluding tert-OH is 2. The Labute approximate surface area is 229 Å². The summed E-state index contributed by atoms with van der Waals surface area (Å²) in [6.45, 7) is 8.53. The predicted octanol–water partition coefficient (Wildman–Crippen LogP) is 7.08. The van der Waals surface area contributed by atoms with Gasteiger partial charge in [0.15, 0.2) is 0 Å². The molecule has 210 valence electrons. The fourth-order valence-electron chi connectivity index (χ4n) is 4.54. The molecule has 0 aromatic heterocycles. The molecule has 38 heavy (non-hydrogen) atoms. The Hall–Kier alpha value is -2.50. The molecular weight excluding hydrogens is 476 g/mol. The van der Waals surface area contributed by atoms with Crippen molar-refractivity contribution in [2.24, 2.45) is 10.8 Å². The third-order valence-corrected chi connectivity index (χ3v) is 7.45. The Morgan fingerprint density at radius 3 is 1.68 bits per heavy atom. The number of aliphatic hydroxyl groups is 2. The average Bonchev–Trinajstić information content (AvgIpc) is 2.89. The number of benzene rings is 2. The van der Waals surface area contributed by atoms with Gasteiger partial charge in [-0.3, -0.25) is 9.59 Å². The van der Waals surface area contributed by atoms with Gasteiger partial charge in [-0.15, -0.1) is 0 Å². The molecule has 2 unspecified atom stereocenters. The summed E-state index contributed by atoms with van der Waals surface area (Å²) >= 11 is 0. The SMILES string of the molecule is CC(C)(CCC(=O)Cc1ccccc1)CCC(O)CCC(O)CCC(C)(C)CCC(=O)Oc1ccccc1. The number of carbonyl (C=O) groups is 2. The normalized spacial score (nSPS) is 13.6. The van der Waals surface area contributed by atoms with Crippen LogP contribution in [0, 0.1) is 10.8 Å². The lowest BCUT2D eigenvalue weighted by Gasteiger charge is -2.27. The van der Waals surface area contributed by atoms with Crippen molar-refractivity contribution in [3.63, 3.8) is 0 Å². The van der Waals surface area contributed by atoms with Gasteiger partial charge in [0.1, 0.15) is 11.5 Å². The first kappa shape index (κ1) is 31.7. The van der Waals surface area contributed by atoms with E-state index in [1.165, 1.54) is 0 Å². The standard InChI is InChI=1S/C33H48O5/c1-32(2,23-19-29(36)25-26-11-7-5-8-12-26)21-17-27(34)15-16-28(35)18-22-33(3,4)24-20-31(37)38-30-13-9-6-10-14-30/h5-14,27-28,34-35H,15-25H2,1-4H3. The number of rotatable bonds is 18. The number of carbonyl (C=O) groups excluding carboxylic acids is 2. The van der Waals surface area contributed by atoms with Crippen LogP contribution in [-0.2, 0) is 16.0 Å². The average molecular weight is 525 g/mol. The zero-order valence-corrected chi connectivity index (χ0v) is 23.8. The zero-order valence-electron chi connectivity index (χ0n) is 23.8. The maximum atomic E-state index is 12.4. The van der Waals surface area contributed by atoms with E-state index < -0.39 is 12.2 Å². The maximum absolute atomic E-state index is 12.4. The molecule has 0 aliphatic heterocycles. The summed E-state index contributed by atoms with van der Waals surface area (Å²) in [7, 11) is 0. The van der Waals surface area contributed by atoms with E-state index in [9.17, 15) is 19.8 Å². The summed E-state index contributed by atoms with van der Waals surface area (Å²) in [5.41, 5.74) is 0.952. The van der Waals surface area contributed by atoms with Gasteiger partial charge in [-0.2, -0.15) is 0 Å². The van der Waals surface area contributed by atoms with Crippen LogP contribution in [0.4, 0.5) is 0 Å². The molecule has 0 aliphatic carbocycles. The summed E-state index contributed by atoms with van der Waals surface area (Å²) in [4.78, 5) is 24.5. The summed E-state index contributed by atoms with van der Waals surface area (Å²) in [6, 6.07) is 18.9. The number of hydrogen-bond acceptors (Lipinski definition) is 5. The molecule has 0 radical (unpaired) electrons. The summed E-state index contributed by atoms with van der Waals surface area (Å²) in [5.74, 6) is 0.574. The van der Waals surface area contributed by atoms with Crippen LogP contribution in [0.15, 0.2) is 60.7 Å². The van der Waals surface area contributed by atoms with Gasteiger partial charge >= 0.3 is 5.97 Å². The smallest absolute Gasteiger partial charge is 0.311 e. The van der Waals surface area contributed by atoms with Crippen molar-refractivity contribution in [3.05, 3.63) is 66.2 Å². The van der Waals surface area contributed by atoms with E-state index in [1.54, 1.807) is 12.1 Å². The molecule has 5 heteroatoms.